The Morgan fingerprint density at radius 2 is 2.26 bits per heavy atom. The summed E-state index contributed by atoms with van der Waals surface area (Å²) in [5.41, 5.74) is 6.85. The molecule has 0 saturated heterocycles. The predicted octanol–water partition coefficient (Wildman–Crippen LogP) is 2.59. The van der Waals surface area contributed by atoms with Gasteiger partial charge in [-0.2, -0.15) is 0 Å². The topological polar surface area (TPSA) is 58.4 Å². The normalized spacial score (nSPS) is 16.4. The second-order valence-electron chi connectivity index (χ2n) is 5.28. The zero-order valence-corrected chi connectivity index (χ0v) is 12.1. The molecule has 1 aliphatic carbocycles. The Hall–Kier alpha value is -1.26. The van der Waals surface area contributed by atoms with Gasteiger partial charge in [-0.15, -0.1) is 0 Å². The summed E-state index contributed by atoms with van der Waals surface area (Å²) < 4.78 is 0. The standard InChI is InChI=1S/C14H20ClN3O/c1-9(10-3-4-10)18(2)8-14(19)17-11-5-6-12(15)13(16)7-11/h5-7,9-10H,3-4,8,16H2,1-2H3,(H,17,19). The molecule has 3 N–H and O–H groups in total. The summed E-state index contributed by atoms with van der Waals surface area (Å²) in [6.45, 7) is 2.56. The van der Waals surface area contributed by atoms with Crippen LogP contribution in [0.5, 0.6) is 0 Å². The van der Waals surface area contributed by atoms with Gasteiger partial charge in [0.1, 0.15) is 0 Å². The molecule has 0 aromatic heterocycles. The fourth-order valence-electron chi connectivity index (χ4n) is 2.13. The van der Waals surface area contributed by atoms with E-state index in [9.17, 15) is 4.79 Å². The molecule has 0 heterocycles. The second kappa shape index (κ2) is 5.80. The highest BCUT2D eigenvalue weighted by Crippen LogP contribution is 2.34. The van der Waals surface area contributed by atoms with Crippen molar-refractivity contribution in [1.82, 2.24) is 4.90 Å². The van der Waals surface area contributed by atoms with Gasteiger partial charge in [-0.25, -0.2) is 0 Å². The molecular weight excluding hydrogens is 262 g/mol. The summed E-state index contributed by atoms with van der Waals surface area (Å²) in [4.78, 5) is 14.0. The summed E-state index contributed by atoms with van der Waals surface area (Å²) in [7, 11) is 1.98. The minimum absolute atomic E-state index is 0.0308. The van der Waals surface area contributed by atoms with Crippen LogP contribution in [0, 0.1) is 5.92 Å². The van der Waals surface area contributed by atoms with Gasteiger partial charge in [0.2, 0.25) is 5.91 Å². The molecule has 1 aliphatic rings. The van der Waals surface area contributed by atoms with Crippen molar-refractivity contribution in [3.05, 3.63) is 23.2 Å². The van der Waals surface area contributed by atoms with Gasteiger partial charge in [0, 0.05) is 11.7 Å². The maximum atomic E-state index is 11.9. The van der Waals surface area contributed by atoms with Crippen LogP contribution in [0.3, 0.4) is 0 Å². The summed E-state index contributed by atoms with van der Waals surface area (Å²) in [6, 6.07) is 5.56. The van der Waals surface area contributed by atoms with E-state index in [1.54, 1.807) is 18.2 Å². The molecule has 1 aromatic rings. The van der Waals surface area contributed by atoms with Crippen LogP contribution in [0.1, 0.15) is 19.8 Å². The molecule has 1 amide bonds. The van der Waals surface area contributed by atoms with Crippen molar-refractivity contribution in [2.24, 2.45) is 5.92 Å². The van der Waals surface area contributed by atoms with Crippen molar-refractivity contribution in [2.45, 2.75) is 25.8 Å². The Morgan fingerprint density at radius 1 is 1.58 bits per heavy atom. The summed E-state index contributed by atoms with van der Waals surface area (Å²) >= 11 is 5.84. The van der Waals surface area contributed by atoms with Gasteiger partial charge in [0.05, 0.1) is 17.3 Å². The number of hydrogen-bond acceptors (Lipinski definition) is 3. The van der Waals surface area contributed by atoms with Crippen LogP contribution >= 0.6 is 11.6 Å². The molecule has 1 aromatic carbocycles. The van der Waals surface area contributed by atoms with Crippen LogP contribution in [0.2, 0.25) is 5.02 Å². The zero-order chi connectivity index (χ0) is 14.0. The molecule has 0 radical (unpaired) electrons. The van der Waals surface area contributed by atoms with Gasteiger partial charge in [0.25, 0.3) is 0 Å². The van der Waals surface area contributed by atoms with E-state index in [-0.39, 0.29) is 5.91 Å². The van der Waals surface area contributed by atoms with Gasteiger partial charge in [-0.3, -0.25) is 9.69 Å². The van der Waals surface area contributed by atoms with Crippen molar-refractivity contribution < 1.29 is 4.79 Å². The fraction of sp³-hybridized carbons (Fsp3) is 0.500. The van der Waals surface area contributed by atoms with E-state index in [0.717, 1.165) is 5.92 Å². The number of amides is 1. The number of anilines is 2. The minimum Gasteiger partial charge on any atom is -0.397 e. The Labute approximate surface area is 118 Å². The summed E-state index contributed by atoms with van der Waals surface area (Å²) in [5.74, 6) is 0.723. The average molecular weight is 282 g/mol. The third-order valence-electron chi connectivity index (χ3n) is 3.67. The Bertz CT molecular complexity index is 474. The number of nitrogens with one attached hydrogen (secondary N) is 1. The van der Waals surface area contributed by atoms with Crippen LogP contribution in [-0.2, 0) is 4.79 Å². The van der Waals surface area contributed by atoms with Gasteiger partial charge in [-0.05, 0) is 50.9 Å². The molecule has 1 unspecified atom stereocenters. The lowest BCUT2D eigenvalue weighted by atomic mass is 10.2. The van der Waals surface area contributed by atoms with Crippen LogP contribution in [0.15, 0.2) is 18.2 Å². The Balaban J connectivity index is 1.87. The van der Waals surface area contributed by atoms with E-state index in [0.29, 0.717) is 29.0 Å². The molecule has 0 bridgehead atoms. The summed E-state index contributed by atoms with van der Waals surface area (Å²) in [5, 5.41) is 3.33. The highest BCUT2D eigenvalue weighted by molar-refractivity contribution is 6.33. The molecule has 19 heavy (non-hydrogen) atoms. The quantitative estimate of drug-likeness (QED) is 0.816. The first-order valence-corrected chi connectivity index (χ1v) is 6.90. The number of hydrogen-bond donors (Lipinski definition) is 2. The van der Waals surface area contributed by atoms with Crippen LogP contribution in [0.4, 0.5) is 11.4 Å². The van der Waals surface area contributed by atoms with Crippen LogP contribution in [-0.4, -0.2) is 30.4 Å². The molecule has 104 valence electrons. The smallest absolute Gasteiger partial charge is 0.238 e. The number of benzene rings is 1. The molecule has 4 nitrogen and oxygen atoms in total. The maximum absolute atomic E-state index is 11.9. The Morgan fingerprint density at radius 3 is 2.84 bits per heavy atom. The first kappa shape index (κ1) is 14.2. The molecule has 0 aliphatic heterocycles. The largest absolute Gasteiger partial charge is 0.397 e. The van der Waals surface area contributed by atoms with Crippen molar-refractivity contribution in [1.29, 1.82) is 0 Å². The number of rotatable bonds is 5. The molecule has 2 rings (SSSR count). The molecule has 5 heteroatoms. The second-order valence-corrected chi connectivity index (χ2v) is 5.68. The van der Waals surface area contributed by atoms with Gasteiger partial charge < -0.3 is 11.1 Å². The zero-order valence-electron chi connectivity index (χ0n) is 11.3. The van der Waals surface area contributed by atoms with Crippen molar-refractivity contribution >= 4 is 28.9 Å². The number of nitrogens with two attached hydrogens (primary N) is 1. The molecule has 1 atom stereocenters. The molecule has 0 spiro atoms. The lowest BCUT2D eigenvalue weighted by Gasteiger charge is -2.23. The van der Waals surface area contributed by atoms with E-state index in [1.165, 1.54) is 12.8 Å². The van der Waals surface area contributed by atoms with E-state index in [2.05, 4.69) is 17.1 Å². The number of carbonyl (C=O) groups excluding carboxylic acids is 1. The number of nitrogens with zero attached hydrogens (tertiary/aromatic N) is 1. The number of likely N-dealkylation sites (N-methyl/N-ethyl adjacent to an activating group) is 1. The van der Waals surface area contributed by atoms with Crippen molar-refractivity contribution in [3.8, 4) is 0 Å². The molecule has 1 saturated carbocycles. The van der Waals surface area contributed by atoms with Crippen molar-refractivity contribution in [2.75, 3.05) is 24.6 Å². The van der Waals surface area contributed by atoms with Crippen molar-refractivity contribution in [3.63, 3.8) is 0 Å². The monoisotopic (exact) mass is 281 g/mol. The fourth-order valence-corrected chi connectivity index (χ4v) is 2.25. The van der Waals surface area contributed by atoms with Crippen LogP contribution < -0.4 is 11.1 Å². The van der Waals surface area contributed by atoms with E-state index in [1.807, 2.05) is 7.05 Å². The highest BCUT2D eigenvalue weighted by Gasteiger charge is 2.30. The number of nitrogen functional groups attached to an aromatic ring is 1. The minimum atomic E-state index is -0.0308. The molecular formula is C14H20ClN3O. The third kappa shape index (κ3) is 3.85. The van der Waals surface area contributed by atoms with Gasteiger partial charge in [0.15, 0.2) is 0 Å². The predicted molar refractivity (Wildman–Crippen MR) is 79.3 cm³/mol. The van der Waals surface area contributed by atoms with E-state index >= 15 is 0 Å². The van der Waals surface area contributed by atoms with E-state index < -0.39 is 0 Å². The highest BCUT2D eigenvalue weighted by atomic mass is 35.5. The Kier molecular flexibility index (Phi) is 4.32. The first-order chi connectivity index (χ1) is 8.97. The SMILES string of the molecule is CC(C1CC1)N(C)CC(=O)Nc1ccc(Cl)c(N)c1. The first-order valence-electron chi connectivity index (χ1n) is 6.52. The number of halogens is 1. The molecule has 1 fully saturated rings. The van der Waals surface area contributed by atoms with Gasteiger partial charge in [-0.1, -0.05) is 11.6 Å². The van der Waals surface area contributed by atoms with Gasteiger partial charge >= 0.3 is 0 Å². The lowest BCUT2D eigenvalue weighted by molar-refractivity contribution is -0.117. The maximum Gasteiger partial charge on any atom is 0.238 e. The lowest BCUT2D eigenvalue weighted by Crippen LogP contribution is -2.37. The van der Waals surface area contributed by atoms with E-state index in [4.69, 9.17) is 17.3 Å². The van der Waals surface area contributed by atoms with Crippen LogP contribution in [0.25, 0.3) is 0 Å². The number of carbonyl (C=O) groups is 1. The third-order valence-corrected chi connectivity index (χ3v) is 4.02. The average Bonchev–Trinajstić information content (AvgIpc) is 3.17. The summed E-state index contributed by atoms with van der Waals surface area (Å²) in [6.07, 6.45) is 2.56.